The molecule has 0 N–H and O–H groups in total. The molecule has 0 spiro atoms. The Morgan fingerprint density at radius 2 is 1.35 bits per heavy atom. The lowest BCUT2D eigenvalue weighted by Crippen LogP contribution is -2.05. The third kappa shape index (κ3) is 4.63. The van der Waals surface area contributed by atoms with Crippen molar-refractivity contribution >= 4 is 11.3 Å². The Hall–Kier alpha value is -1.22. The quantitative estimate of drug-likeness (QED) is 0.625. The molecule has 0 saturated carbocycles. The zero-order chi connectivity index (χ0) is 17.1. The molecule has 2 rings (SSSR count). The van der Waals surface area contributed by atoms with Crippen LogP contribution in [0.1, 0.15) is 99.8 Å². The lowest BCUT2D eigenvalue weighted by atomic mass is 9.95. The van der Waals surface area contributed by atoms with E-state index < -0.39 is 0 Å². The monoisotopic (exact) mass is 330 g/mol. The summed E-state index contributed by atoms with van der Waals surface area (Å²) < 4.78 is 0. The van der Waals surface area contributed by atoms with E-state index in [1.165, 1.54) is 27.7 Å². The molecule has 0 aromatic carbocycles. The lowest BCUT2D eigenvalue weighted by Gasteiger charge is -2.15. The van der Waals surface area contributed by atoms with Gasteiger partial charge in [0.2, 0.25) is 0 Å². The fourth-order valence-corrected chi connectivity index (χ4v) is 3.55. The van der Waals surface area contributed by atoms with Gasteiger partial charge in [0.1, 0.15) is 0 Å². The predicted molar refractivity (Wildman–Crippen MR) is 101 cm³/mol. The summed E-state index contributed by atoms with van der Waals surface area (Å²) in [6, 6.07) is 4.56. The number of hydrogen-bond donors (Lipinski definition) is 0. The highest BCUT2D eigenvalue weighted by Crippen LogP contribution is 2.28. The fourth-order valence-electron chi connectivity index (χ4n) is 2.59. The molecule has 2 nitrogen and oxygen atoms in total. The van der Waals surface area contributed by atoms with Crippen molar-refractivity contribution in [3.8, 4) is 0 Å². The van der Waals surface area contributed by atoms with E-state index in [-0.39, 0.29) is 0 Å². The van der Waals surface area contributed by atoms with Crippen molar-refractivity contribution in [2.45, 2.75) is 78.6 Å². The zero-order valence-electron chi connectivity index (χ0n) is 15.6. The minimum atomic E-state index is 0.446. The summed E-state index contributed by atoms with van der Waals surface area (Å²) in [6.45, 7) is 15.6. The summed E-state index contributed by atoms with van der Waals surface area (Å²) in [5.41, 5.74) is 5.03. The predicted octanol–water partition coefficient (Wildman–Crippen LogP) is 6.25. The first-order valence-electron chi connectivity index (χ1n) is 8.74. The molecule has 2 aromatic rings. The SMILES string of the molecule is CC(C)c1cc(CC(C)c2csc(C(C)C)n2)cc(C(C)C)n1. The van der Waals surface area contributed by atoms with Crippen LogP contribution in [0.3, 0.4) is 0 Å². The van der Waals surface area contributed by atoms with Crippen LogP contribution in [0.25, 0.3) is 0 Å². The van der Waals surface area contributed by atoms with Crippen LogP contribution < -0.4 is 0 Å². The zero-order valence-corrected chi connectivity index (χ0v) is 16.4. The topological polar surface area (TPSA) is 25.8 Å². The van der Waals surface area contributed by atoms with Gasteiger partial charge in [0.15, 0.2) is 0 Å². The molecule has 1 unspecified atom stereocenters. The molecule has 126 valence electrons. The summed E-state index contributed by atoms with van der Waals surface area (Å²) in [5.74, 6) is 1.90. The molecule has 0 radical (unpaired) electrons. The summed E-state index contributed by atoms with van der Waals surface area (Å²) in [6.07, 6.45) is 1.03. The summed E-state index contributed by atoms with van der Waals surface area (Å²) in [5, 5.41) is 3.47. The number of hydrogen-bond acceptors (Lipinski definition) is 3. The first-order valence-corrected chi connectivity index (χ1v) is 9.62. The minimum absolute atomic E-state index is 0.446. The number of pyridine rings is 1. The van der Waals surface area contributed by atoms with Gasteiger partial charge in [-0.3, -0.25) is 4.98 Å². The molecule has 1 atom stereocenters. The standard InChI is InChI=1S/C20H30N2S/c1-12(2)17-9-16(10-18(21-17)13(3)4)8-15(7)19-11-23-20(22-19)14(5)6/h9-15H,8H2,1-7H3. The Labute approximate surface area is 145 Å². The van der Waals surface area contributed by atoms with Crippen molar-refractivity contribution in [1.82, 2.24) is 9.97 Å². The van der Waals surface area contributed by atoms with Crippen LogP contribution in [0, 0.1) is 0 Å². The molecular weight excluding hydrogens is 300 g/mol. The number of thiazole rings is 1. The van der Waals surface area contributed by atoms with Crippen LogP contribution in [0.2, 0.25) is 0 Å². The second-order valence-corrected chi connectivity index (χ2v) is 8.39. The molecule has 2 aromatic heterocycles. The average molecular weight is 331 g/mol. The van der Waals surface area contributed by atoms with E-state index in [2.05, 4.69) is 66.0 Å². The van der Waals surface area contributed by atoms with Gasteiger partial charge in [0.25, 0.3) is 0 Å². The minimum Gasteiger partial charge on any atom is -0.257 e. The van der Waals surface area contributed by atoms with Gasteiger partial charge in [-0.1, -0.05) is 48.5 Å². The maximum Gasteiger partial charge on any atom is 0.0953 e. The van der Waals surface area contributed by atoms with E-state index in [1.807, 2.05) is 0 Å². The summed E-state index contributed by atoms with van der Waals surface area (Å²) in [4.78, 5) is 9.65. The van der Waals surface area contributed by atoms with E-state index >= 15 is 0 Å². The average Bonchev–Trinajstić information content (AvgIpc) is 2.96. The molecular formula is C20H30N2S. The molecule has 2 heterocycles. The number of rotatable bonds is 6. The van der Waals surface area contributed by atoms with Crippen LogP contribution in [-0.4, -0.2) is 9.97 Å². The Balaban J connectivity index is 2.23. The molecule has 0 bridgehead atoms. The normalized spacial score (nSPS) is 13.3. The van der Waals surface area contributed by atoms with E-state index in [0.29, 0.717) is 23.7 Å². The maximum absolute atomic E-state index is 4.83. The van der Waals surface area contributed by atoms with Gasteiger partial charge in [-0.2, -0.15) is 0 Å². The Kier molecular flexibility index (Phi) is 5.96. The highest BCUT2D eigenvalue weighted by atomic mass is 32.1. The van der Waals surface area contributed by atoms with Crippen molar-refractivity contribution in [2.24, 2.45) is 0 Å². The van der Waals surface area contributed by atoms with Crippen LogP contribution in [0.15, 0.2) is 17.5 Å². The molecule has 0 aliphatic carbocycles. The largest absolute Gasteiger partial charge is 0.257 e. The highest BCUT2D eigenvalue weighted by molar-refractivity contribution is 7.09. The van der Waals surface area contributed by atoms with Crippen molar-refractivity contribution in [3.63, 3.8) is 0 Å². The summed E-state index contributed by atoms with van der Waals surface area (Å²) >= 11 is 1.79. The third-order valence-corrected chi connectivity index (χ3v) is 5.35. The van der Waals surface area contributed by atoms with Crippen LogP contribution >= 0.6 is 11.3 Å². The fraction of sp³-hybridized carbons (Fsp3) is 0.600. The molecule has 0 aliphatic rings. The van der Waals surface area contributed by atoms with Crippen molar-refractivity contribution < 1.29 is 0 Å². The van der Waals surface area contributed by atoms with E-state index in [9.17, 15) is 0 Å². The van der Waals surface area contributed by atoms with Gasteiger partial charge in [0, 0.05) is 28.6 Å². The third-order valence-electron chi connectivity index (χ3n) is 4.19. The highest BCUT2D eigenvalue weighted by Gasteiger charge is 2.15. The van der Waals surface area contributed by atoms with Gasteiger partial charge >= 0.3 is 0 Å². The lowest BCUT2D eigenvalue weighted by molar-refractivity contribution is 0.709. The first kappa shape index (κ1) is 18.1. The Bertz CT molecular complexity index is 615. The van der Waals surface area contributed by atoms with Crippen molar-refractivity contribution in [3.05, 3.63) is 45.2 Å². The van der Waals surface area contributed by atoms with Crippen LogP contribution in [0.4, 0.5) is 0 Å². The molecule has 0 fully saturated rings. The van der Waals surface area contributed by atoms with E-state index in [4.69, 9.17) is 9.97 Å². The van der Waals surface area contributed by atoms with Crippen LogP contribution in [-0.2, 0) is 6.42 Å². The van der Waals surface area contributed by atoms with Crippen LogP contribution in [0.5, 0.6) is 0 Å². The number of aromatic nitrogens is 2. The van der Waals surface area contributed by atoms with Gasteiger partial charge in [-0.25, -0.2) is 4.98 Å². The second kappa shape index (κ2) is 7.57. The molecule has 0 aliphatic heterocycles. The molecule has 3 heteroatoms. The molecule has 0 saturated heterocycles. The maximum atomic E-state index is 4.83. The summed E-state index contributed by atoms with van der Waals surface area (Å²) in [7, 11) is 0. The Morgan fingerprint density at radius 1 is 0.783 bits per heavy atom. The Morgan fingerprint density at radius 3 is 1.78 bits per heavy atom. The second-order valence-electron chi connectivity index (χ2n) is 7.51. The van der Waals surface area contributed by atoms with Gasteiger partial charge in [0.05, 0.1) is 10.7 Å². The molecule has 23 heavy (non-hydrogen) atoms. The van der Waals surface area contributed by atoms with Gasteiger partial charge in [-0.15, -0.1) is 11.3 Å². The first-order chi connectivity index (χ1) is 10.8. The van der Waals surface area contributed by atoms with E-state index in [1.54, 1.807) is 11.3 Å². The van der Waals surface area contributed by atoms with Gasteiger partial charge in [-0.05, 0) is 36.0 Å². The smallest absolute Gasteiger partial charge is 0.0953 e. The van der Waals surface area contributed by atoms with Crippen molar-refractivity contribution in [1.29, 1.82) is 0 Å². The van der Waals surface area contributed by atoms with Crippen molar-refractivity contribution in [2.75, 3.05) is 0 Å². The van der Waals surface area contributed by atoms with E-state index in [0.717, 1.165) is 6.42 Å². The number of nitrogens with zero attached hydrogens (tertiary/aromatic N) is 2. The molecule has 0 amide bonds. The van der Waals surface area contributed by atoms with Gasteiger partial charge < -0.3 is 0 Å².